The highest BCUT2D eigenvalue weighted by molar-refractivity contribution is 8.03. The van der Waals surface area contributed by atoms with Crippen molar-refractivity contribution in [3.63, 3.8) is 0 Å². The van der Waals surface area contributed by atoms with Gasteiger partial charge in [0.05, 0.1) is 24.1 Å². The molecule has 32 heavy (non-hydrogen) atoms. The third kappa shape index (κ3) is 4.54. The molecule has 6 atom stereocenters. The Hall–Kier alpha value is -1.27. The number of fused-ring (bicyclic) bond motifs is 1. The second-order valence-corrected chi connectivity index (χ2v) is 11.5. The summed E-state index contributed by atoms with van der Waals surface area (Å²) in [6.07, 6.45) is -0.200. The van der Waals surface area contributed by atoms with Crippen molar-refractivity contribution in [2.45, 2.75) is 43.7 Å². The molecule has 3 fully saturated rings. The summed E-state index contributed by atoms with van der Waals surface area (Å²) in [5, 5.41) is 26.1. The molecule has 4 N–H and O–H groups in total. The average Bonchev–Trinajstić information content (AvgIpc) is 3.31. The topological polar surface area (TPSA) is 122 Å². The van der Waals surface area contributed by atoms with Gasteiger partial charge in [-0.15, -0.1) is 11.8 Å². The molecular weight excluding hydrogens is 452 g/mol. The van der Waals surface area contributed by atoms with Crippen molar-refractivity contribution in [2.75, 3.05) is 44.2 Å². The number of thioether (sulfide) groups is 2. The molecule has 4 rings (SSSR count). The summed E-state index contributed by atoms with van der Waals surface area (Å²) in [5.74, 6) is 0.126. The van der Waals surface area contributed by atoms with Crippen molar-refractivity contribution in [3.05, 3.63) is 10.6 Å². The average molecular weight is 485 g/mol. The number of hydrogen-bond donors (Lipinski definition) is 4. The fourth-order valence-electron chi connectivity index (χ4n) is 5.14. The van der Waals surface area contributed by atoms with Crippen LogP contribution in [0.5, 0.6) is 0 Å². The molecule has 0 aliphatic carbocycles. The fraction of sp³-hybridized carbons (Fsp3) is 0.762. The Morgan fingerprint density at radius 2 is 2.06 bits per heavy atom. The monoisotopic (exact) mass is 484 g/mol. The Labute approximate surface area is 196 Å². The van der Waals surface area contributed by atoms with Crippen molar-refractivity contribution in [2.24, 2.45) is 11.8 Å². The number of amides is 2. The van der Waals surface area contributed by atoms with E-state index >= 15 is 0 Å². The number of β-lactam (4-membered cyclic amide) rings is 1. The van der Waals surface area contributed by atoms with Gasteiger partial charge < -0.3 is 25.7 Å². The maximum absolute atomic E-state index is 12.6. The molecule has 0 spiro atoms. The number of rotatable bonds is 8. The van der Waals surface area contributed by atoms with Crippen LogP contribution in [0.4, 0.5) is 0 Å². The maximum Gasteiger partial charge on any atom is 0.353 e. The molecule has 9 nitrogen and oxygen atoms in total. The largest absolute Gasteiger partial charge is 0.477 e. The van der Waals surface area contributed by atoms with Crippen LogP contribution in [0.2, 0.25) is 0 Å². The molecule has 2 unspecified atom stereocenters. The first kappa shape index (κ1) is 23.9. The number of aliphatic hydroxyl groups is 1. The molecule has 0 aromatic heterocycles. The first-order valence-electron chi connectivity index (χ1n) is 11.3. The van der Waals surface area contributed by atoms with E-state index in [1.165, 1.54) is 16.7 Å². The minimum atomic E-state index is -1.12. The molecular formula is C21H32N4O5S2. The second-order valence-electron chi connectivity index (χ2n) is 8.95. The lowest BCUT2D eigenvalue weighted by molar-refractivity contribution is -0.163. The minimum Gasteiger partial charge on any atom is -0.477 e. The molecule has 11 heteroatoms. The van der Waals surface area contributed by atoms with E-state index < -0.39 is 18.0 Å². The maximum atomic E-state index is 12.6. The highest BCUT2D eigenvalue weighted by atomic mass is 32.2. The summed E-state index contributed by atoms with van der Waals surface area (Å²) in [6.45, 7) is 7.72. The Morgan fingerprint density at radius 1 is 1.34 bits per heavy atom. The normalized spacial score (nSPS) is 33.8. The third-order valence-electron chi connectivity index (χ3n) is 6.84. The third-order valence-corrected chi connectivity index (χ3v) is 9.30. The molecule has 0 radical (unpaired) electrons. The molecule has 0 aromatic carbocycles. The molecule has 4 heterocycles. The van der Waals surface area contributed by atoms with E-state index in [1.54, 1.807) is 6.92 Å². The zero-order chi connectivity index (χ0) is 23.0. The van der Waals surface area contributed by atoms with Gasteiger partial charge in [0.15, 0.2) is 0 Å². The van der Waals surface area contributed by atoms with Crippen LogP contribution in [0.25, 0.3) is 0 Å². The van der Waals surface area contributed by atoms with Crippen LogP contribution >= 0.6 is 23.5 Å². The number of carbonyl (C=O) groups is 3. The highest BCUT2D eigenvalue weighted by Gasteiger charge is 2.60. The Morgan fingerprint density at radius 3 is 2.72 bits per heavy atom. The Kier molecular flexibility index (Phi) is 7.40. The van der Waals surface area contributed by atoms with Gasteiger partial charge in [0.2, 0.25) is 11.8 Å². The summed E-state index contributed by atoms with van der Waals surface area (Å²) in [6, 6.07) is -0.600. The molecule has 178 valence electrons. The van der Waals surface area contributed by atoms with E-state index in [0.29, 0.717) is 24.4 Å². The number of nitrogens with zero attached hydrogens (tertiary/aromatic N) is 2. The number of aliphatic carboxylic acids is 1. The predicted octanol–water partition coefficient (Wildman–Crippen LogP) is -0.231. The van der Waals surface area contributed by atoms with Gasteiger partial charge in [-0.25, -0.2) is 4.79 Å². The van der Waals surface area contributed by atoms with Gasteiger partial charge in [-0.3, -0.25) is 14.5 Å². The molecule has 2 amide bonds. The van der Waals surface area contributed by atoms with Crippen LogP contribution in [0, 0.1) is 11.8 Å². The van der Waals surface area contributed by atoms with Gasteiger partial charge in [-0.05, 0) is 13.3 Å². The predicted molar refractivity (Wildman–Crippen MR) is 124 cm³/mol. The first-order chi connectivity index (χ1) is 15.3. The van der Waals surface area contributed by atoms with E-state index in [0.717, 1.165) is 31.1 Å². The van der Waals surface area contributed by atoms with Crippen LogP contribution in [-0.2, 0) is 14.4 Å². The SMILES string of the molecule is C[C@@H](O)C1C(=O)N2C(C(=O)O)=C(S[C@@H]3CN[C@H](C(=O)NCCN4CCSCC4)C3)[C@H](C)C12. The second kappa shape index (κ2) is 9.92. The van der Waals surface area contributed by atoms with Crippen LogP contribution < -0.4 is 10.6 Å². The summed E-state index contributed by atoms with van der Waals surface area (Å²) < 4.78 is 0. The summed E-state index contributed by atoms with van der Waals surface area (Å²) in [7, 11) is 0. The highest BCUT2D eigenvalue weighted by Crippen LogP contribution is 2.51. The first-order valence-corrected chi connectivity index (χ1v) is 13.3. The van der Waals surface area contributed by atoms with Gasteiger partial charge >= 0.3 is 5.97 Å². The molecule has 4 aliphatic rings. The lowest BCUT2D eigenvalue weighted by Crippen LogP contribution is -2.63. The molecule has 3 saturated heterocycles. The summed E-state index contributed by atoms with van der Waals surface area (Å²) in [4.78, 5) is 41.4. The van der Waals surface area contributed by atoms with Crippen LogP contribution in [0.15, 0.2) is 10.6 Å². The van der Waals surface area contributed by atoms with Crippen molar-refractivity contribution < 1.29 is 24.6 Å². The van der Waals surface area contributed by atoms with Crippen molar-refractivity contribution in [3.8, 4) is 0 Å². The van der Waals surface area contributed by atoms with E-state index in [2.05, 4.69) is 15.5 Å². The van der Waals surface area contributed by atoms with Gasteiger partial charge in [-0.1, -0.05) is 6.92 Å². The van der Waals surface area contributed by atoms with E-state index in [1.807, 2.05) is 18.7 Å². The van der Waals surface area contributed by atoms with Gasteiger partial charge in [0.1, 0.15) is 5.70 Å². The Balaban J connectivity index is 1.32. The van der Waals surface area contributed by atoms with Crippen molar-refractivity contribution in [1.82, 2.24) is 20.4 Å². The number of nitrogens with one attached hydrogen (secondary N) is 2. The zero-order valence-corrected chi connectivity index (χ0v) is 20.1. The van der Waals surface area contributed by atoms with Gasteiger partial charge in [-0.2, -0.15) is 11.8 Å². The molecule has 0 bridgehead atoms. The quantitative estimate of drug-likeness (QED) is 0.346. The number of aliphatic hydroxyl groups excluding tert-OH is 1. The van der Waals surface area contributed by atoms with Gasteiger partial charge in [0, 0.05) is 60.3 Å². The van der Waals surface area contributed by atoms with Gasteiger partial charge in [0.25, 0.3) is 0 Å². The summed E-state index contributed by atoms with van der Waals surface area (Å²) >= 11 is 3.42. The fourth-order valence-corrected chi connectivity index (χ4v) is 7.59. The van der Waals surface area contributed by atoms with Crippen molar-refractivity contribution >= 4 is 41.3 Å². The van der Waals surface area contributed by atoms with E-state index in [9.17, 15) is 24.6 Å². The van der Waals surface area contributed by atoms with Crippen LogP contribution in [-0.4, -0.2) is 105 Å². The number of carbonyl (C=O) groups excluding carboxylic acids is 2. The number of carboxylic acid groups (broad SMARTS) is 1. The lowest BCUT2D eigenvalue weighted by atomic mass is 9.79. The Bertz CT molecular complexity index is 801. The van der Waals surface area contributed by atoms with Crippen molar-refractivity contribution in [1.29, 1.82) is 0 Å². The molecule has 0 saturated carbocycles. The summed E-state index contributed by atoms with van der Waals surface area (Å²) in [5.41, 5.74) is 0.0435. The smallest absolute Gasteiger partial charge is 0.353 e. The number of carboxylic acids is 1. The van der Waals surface area contributed by atoms with E-state index in [4.69, 9.17) is 0 Å². The molecule has 4 aliphatic heterocycles. The van der Waals surface area contributed by atoms with Crippen LogP contribution in [0.1, 0.15) is 20.3 Å². The standard InChI is InChI=1S/C21H32N4O5S2/c1-11-16-15(12(2)26)20(28)25(16)17(21(29)30)18(11)32-13-9-14(23-10-13)19(27)22-3-4-24-5-7-31-8-6-24/h11-16,23,26H,3-10H2,1-2H3,(H,22,27)(H,29,30)/t11-,12-,13+,14+,15?,16?/m1/s1. The van der Waals surface area contributed by atoms with Crippen LogP contribution in [0.3, 0.4) is 0 Å². The van der Waals surface area contributed by atoms with E-state index in [-0.39, 0.29) is 40.8 Å². The lowest BCUT2D eigenvalue weighted by Gasteiger charge is -2.46. The zero-order valence-electron chi connectivity index (χ0n) is 18.5. The number of hydrogen-bond acceptors (Lipinski definition) is 8. The molecule has 0 aromatic rings. The minimum absolute atomic E-state index is 0.0143.